The van der Waals surface area contributed by atoms with Gasteiger partial charge in [-0.1, -0.05) is 32.0 Å². The van der Waals surface area contributed by atoms with Crippen molar-refractivity contribution in [3.63, 3.8) is 0 Å². The lowest BCUT2D eigenvalue weighted by atomic mass is 10.1. The van der Waals surface area contributed by atoms with Gasteiger partial charge in [-0.05, 0) is 37.1 Å². The maximum atomic E-state index is 14.7. The van der Waals surface area contributed by atoms with Gasteiger partial charge < -0.3 is 9.88 Å². The van der Waals surface area contributed by atoms with Gasteiger partial charge in [-0.3, -0.25) is 9.59 Å². The Hall–Kier alpha value is -3.81. The summed E-state index contributed by atoms with van der Waals surface area (Å²) in [4.78, 5) is 29.9. The molecule has 0 aliphatic heterocycles. The second-order valence-electron chi connectivity index (χ2n) is 7.74. The molecule has 4 aromatic rings. The molecule has 158 valence electrons. The molecule has 0 saturated heterocycles. The fourth-order valence-corrected chi connectivity index (χ4v) is 3.48. The van der Waals surface area contributed by atoms with Gasteiger partial charge in [0.15, 0.2) is 5.69 Å². The van der Waals surface area contributed by atoms with Crippen LogP contribution in [0.5, 0.6) is 0 Å². The monoisotopic (exact) mass is 419 g/mol. The zero-order valence-electron chi connectivity index (χ0n) is 17.5. The second kappa shape index (κ2) is 8.14. The molecule has 0 unspecified atom stereocenters. The number of benzene rings is 2. The van der Waals surface area contributed by atoms with Gasteiger partial charge in [-0.15, -0.1) is 0 Å². The Bertz CT molecular complexity index is 1340. The van der Waals surface area contributed by atoms with Crippen molar-refractivity contribution < 1.29 is 9.18 Å². The Labute approximate surface area is 178 Å². The van der Waals surface area contributed by atoms with Crippen molar-refractivity contribution in [1.82, 2.24) is 19.3 Å². The molecule has 0 saturated carbocycles. The highest BCUT2D eigenvalue weighted by Gasteiger charge is 2.18. The van der Waals surface area contributed by atoms with E-state index in [-0.39, 0.29) is 22.9 Å². The molecule has 4 rings (SSSR count). The van der Waals surface area contributed by atoms with Crippen LogP contribution in [0.2, 0.25) is 0 Å². The van der Waals surface area contributed by atoms with Gasteiger partial charge in [-0.25, -0.2) is 14.1 Å². The van der Waals surface area contributed by atoms with Crippen molar-refractivity contribution in [3.05, 3.63) is 82.5 Å². The summed E-state index contributed by atoms with van der Waals surface area (Å²) < 4.78 is 17.6. The number of halogens is 1. The maximum Gasteiger partial charge on any atom is 0.276 e. The van der Waals surface area contributed by atoms with Crippen LogP contribution in [0.1, 0.15) is 30.2 Å². The quantitative estimate of drug-likeness (QED) is 0.531. The predicted octanol–water partition coefficient (Wildman–Crippen LogP) is 3.94. The Morgan fingerprint density at radius 2 is 1.90 bits per heavy atom. The first kappa shape index (κ1) is 20.5. The summed E-state index contributed by atoms with van der Waals surface area (Å²) in [6.07, 6.45) is 3.26. The van der Waals surface area contributed by atoms with Crippen LogP contribution in [0.4, 0.5) is 10.1 Å². The van der Waals surface area contributed by atoms with E-state index in [0.29, 0.717) is 28.8 Å². The van der Waals surface area contributed by atoms with Crippen molar-refractivity contribution in [2.45, 2.75) is 27.3 Å². The first-order valence-electron chi connectivity index (χ1n) is 9.96. The second-order valence-corrected chi connectivity index (χ2v) is 7.74. The highest BCUT2D eigenvalue weighted by atomic mass is 19.1. The van der Waals surface area contributed by atoms with E-state index < -0.39 is 11.7 Å². The third-order valence-corrected chi connectivity index (χ3v) is 4.91. The van der Waals surface area contributed by atoms with E-state index in [1.807, 2.05) is 13.8 Å². The molecule has 1 amide bonds. The van der Waals surface area contributed by atoms with Crippen LogP contribution < -0.4 is 10.9 Å². The summed E-state index contributed by atoms with van der Waals surface area (Å²) >= 11 is 0. The molecule has 1 N–H and O–H groups in total. The van der Waals surface area contributed by atoms with Gasteiger partial charge in [0.05, 0.1) is 11.1 Å². The number of nitrogens with zero attached hydrogens (tertiary/aromatic N) is 4. The number of hydrogen-bond donors (Lipinski definition) is 1. The summed E-state index contributed by atoms with van der Waals surface area (Å²) in [5.74, 6) is -0.185. The molecule has 0 spiro atoms. The Morgan fingerprint density at radius 3 is 2.55 bits per heavy atom. The number of fused-ring (bicyclic) bond motifs is 1. The normalized spacial score (nSPS) is 11.3. The lowest BCUT2D eigenvalue weighted by Gasteiger charge is -2.13. The largest absolute Gasteiger partial charge is 0.320 e. The molecule has 0 fully saturated rings. The van der Waals surface area contributed by atoms with E-state index >= 15 is 0 Å². The minimum absolute atomic E-state index is 0.116. The number of anilines is 1. The van der Waals surface area contributed by atoms with Crippen molar-refractivity contribution in [1.29, 1.82) is 0 Å². The molecule has 7 nitrogen and oxygen atoms in total. The van der Waals surface area contributed by atoms with E-state index in [1.165, 1.54) is 10.7 Å². The fourth-order valence-electron chi connectivity index (χ4n) is 3.48. The number of imidazole rings is 1. The number of rotatable bonds is 5. The van der Waals surface area contributed by atoms with Crippen molar-refractivity contribution >= 4 is 22.4 Å². The van der Waals surface area contributed by atoms with Crippen molar-refractivity contribution in [3.8, 4) is 5.69 Å². The summed E-state index contributed by atoms with van der Waals surface area (Å²) in [7, 11) is 0. The zero-order chi connectivity index (χ0) is 22.1. The van der Waals surface area contributed by atoms with Crippen LogP contribution in [0.15, 0.2) is 59.7 Å². The van der Waals surface area contributed by atoms with Gasteiger partial charge in [0, 0.05) is 30.0 Å². The first-order chi connectivity index (χ1) is 14.8. The SMILES string of the molecule is Cc1nccn1-c1ccc(NC(=O)c2nn(CC(C)C)c(=O)c3ccccc23)cc1F. The average Bonchev–Trinajstić information content (AvgIpc) is 3.15. The van der Waals surface area contributed by atoms with Crippen LogP contribution in [0.3, 0.4) is 0 Å². The number of amides is 1. The van der Waals surface area contributed by atoms with Gasteiger partial charge >= 0.3 is 0 Å². The van der Waals surface area contributed by atoms with Crippen LogP contribution >= 0.6 is 0 Å². The Kier molecular flexibility index (Phi) is 5.37. The Balaban J connectivity index is 1.70. The third-order valence-electron chi connectivity index (χ3n) is 4.91. The summed E-state index contributed by atoms with van der Waals surface area (Å²) in [5.41, 5.74) is 0.497. The van der Waals surface area contributed by atoms with E-state index in [1.54, 1.807) is 60.3 Å². The first-order valence-corrected chi connectivity index (χ1v) is 9.96. The number of carbonyl (C=O) groups is 1. The lowest BCUT2D eigenvalue weighted by molar-refractivity contribution is 0.102. The molecular weight excluding hydrogens is 397 g/mol. The number of hydrogen-bond acceptors (Lipinski definition) is 4. The minimum Gasteiger partial charge on any atom is -0.320 e. The zero-order valence-corrected chi connectivity index (χ0v) is 17.5. The standard InChI is InChI=1S/C23H22FN5O2/c1-14(2)13-29-23(31)18-7-5-4-6-17(18)21(27-29)22(30)26-16-8-9-20(19(24)12-16)28-11-10-25-15(28)3/h4-12,14H,13H2,1-3H3,(H,26,30). The fraction of sp³-hybridized carbons (Fsp3) is 0.217. The van der Waals surface area contributed by atoms with E-state index in [4.69, 9.17) is 0 Å². The molecule has 2 aromatic heterocycles. The van der Waals surface area contributed by atoms with Gasteiger partial charge in [0.2, 0.25) is 0 Å². The van der Waals surface area contributed by atoms with E-state index in [0.717, 1.165) is 0 Å². The lowest BCUT2D eigenvalue weighted by Crippen LogP contribution is -2.29. The van der Waals surface area contributed by atoms with E-state index in [2.05, 4.69) is 15.4 Å². The molecule has 0 aliphatic carbocycles. The highest BCUT2D eigenvalue weighted by Crippen LogP contribution is 2.21. The van der Waals surface area contributed by atoms with Crippen LogP contribution in [0.25, 0.3) is 16.5 Å². The molecule has 0 radical (unpaired) electrons. The van der Waals surface area contributed by atoms with Gasteiger partial charge in [0.25, 0.3) is 11.5 Å². The van der Waals surface area contributed by atoms with Crippen LogP contribution in [-0.4, -0.2) is 25.2 Å². The molecule has 0 aliphatic rings. The summed E-state index contributed by atoms with van der Waals surface area (Å²) in [5, 5.41) is 7.88. The number of nitrogens with one attached hydrogen (secondary N) is 1. The number of aromatic nitrogens is 4. The average molecular weight is 419 g/mol. The van der Waals surface area contributed by atoms with Crippen molar-refractivity contribution in [2.75, 3.05) is 5.32 Å². The minimum atomic E-state index is -0.514. The van der Waals surface area contributed by atoms with E-state index in [9.17, 15) is 14.0 Å². The molecular formula is C23H22FN5O2. The van der Waals surface area contributed by atoms with Crippen LogP contribution in [0, 0.1) is 18.7 Å². The molecule has 0 atom stereocenters. The van der Waals surface area contributed by atoms with Crippen molar-refractivity contribution in [2.24, 2.45) is 5.92 Å². The summed E-state index contributed by atoms with van der Waals surface area (Å²) in [6.45, 7) is 6.10. The maximum absolute atomic E-state index is 14.7. The molecule has 2 aromatic carbocycles. The molecule has 8 heteroatoms. The van der Waals surface area contributed by atoms with Gasteiger partial charge in [-0.2, -0.15) is 5.10 Å². The predicted molar refractivity (Wildman–Crippen MR) is 117 cm³/mol. The molecule has 31 heavy (non-hydrogen) atoms. The third kappa shape index (κ3) is 3.96. The number of carbonyl (C=O) groups excluding carboxylic acids is 1. The van der Waals surface area contributed by atoms with Crippen LogP contribution in [-0.2, 0) is 6.54 Å². The highest BCUT2D eigenvalue weighted by molar-refractivity contribution is 6.11. The smallest absolute Gasteiger partial charge is 0.276 e. The summed E-state index contributed by atoms with van der Waals surface area (Å²) in [6, 6.07) is 11.3. The Morgan fingerprint density at radius 1 is 1.16 bits per heavy atom. The molecule has 2 heterocycles. The number of aryl methyl sites for hydroxylation is 1. The van der Waals surface area contributed by atoms with Gasteiger partial charge in [0.1, 0.15) is 11.6 Å². The topological polar surface area (TPSA) is 81.8 Å². The molecule has 0 bridgehead atoms.